The zero-order valence-electron chi connectivity index (χ0n) is 9.01. The number of benzene rings is 1. The van der Waals surface area contributed by atoms with Crippen LogP contribution in [0.3, 0.4) is 0 Å². The van der Waals surface area contributed by atoms with Crippen molar-refractivity contribution in [2.45, 2.75) is 37.5 Å². The van der Waals surface area contributed by atoms with Gasteiger partial charge in [-0.2, -0.15) is 0 Å². The normalized spacial score (nSPS) is 20.1. The van der Waals surface area contributed by atoms with E-state index in [4.69, 9.17) is 11.8 Å². The molecule has 2 heteroatoms. The van der Waals surface area contributed by atoms with Gasteiger partial charge in [0.2, 0.25) is 0 Å². The Hall–Kier alpha value is -0.530. The maximum Gasteiger partial charge on any atom is 0.0205 e. The molecule has 0 amide bonds. The molecule has 1 N–H and O–H groups in total. The first-order valence-electron chi connectivity index (χ1n) is 5.76. The predicted octanol–water partition coefficient (Wildman–Crippen LogP) is 3.63. The largest absolute Gasteiger partial charge is 0.233 e. The Bertz CT molecular complexity index is 285. The van der Waals surface area contributed by atoms with E-state index in [0.717, 1.165) is 6.54 Å². The van der Waals surface area contributed by atoms with E-state index in [9.17, 15) is 0 Å². The minimum Gasteiger partial charge on any atom is -0.233 e. The average molecular weight is 224 g/mol. The molecule has 0 heterocycles. The molecule has 1 aromatic carbocycles. The number of nitrogens with one attached hydrogen (secondary N) is 1. The van der Waals surface area contributed by atoms with Crippen molar-refractivity contribution in [3.05, 3.63) is 35.9 Å². The second-order valence-corrected chi connectivity index (χ2v) is 4.78. The fraction of sp³-hybridized carbons (Fsp3) is 0.538. The molecule has 1 aliphatic rings. The van der Waals surface area contributed by atoms with Crippen LogP contribution in [-0.2, 0) is 5.41 Å². The van der Waals surface area contributed by atoms with Gasteiger partial charge in [-0.25, -0.2) is 4.84 Å². The standard InChI is InChI=1S/C13H18ClN/c14-15-11-13(9-5-2-6-10-13)12-7-3-1-4-8-12/h1,3-4,7-8,15H,2,5-6,9-11H2. The summed E-state index contributed by atoms with van der Waals surface area (Å²) in [5.74, 6) is 0. The quantitative estimate of drug-likeness (QED) is 0.772. The minimum absolute atomic E-state index is 0.279. The second-order valence-electron chi connectivity index (χ2n) is 4.52. The monoisotopic (exact) mass is 223 g/mol. The van der Waals surface area contributed by atoms with Crippen molar-refractivity contribution in [3.63, 3.8) is 0 Å². The molecule has 0 aliphatic heterocycles. The van der Waals surface area contributed by atoms with E-state index in [1.807, 2.05) is 0 Å². The van der Waals surface area contributed by atoms with Crippen LogP contribution in [0.25, 0.3) is 0 Å². The first-order valence-corrected chi connectivity index (χ1v) is 6.14. The number of halogens is 1. The van der Waals surface area contributed by atoms with E-state index in [1.165, 1.54) is 37.7 Å². The Kier molecular flexibility index (Phi) is 3.66. The summed E-state index contributed by atoms with van der Waals surface area (Å²) in [6.07, 6.45) is 6.55. The van der Waals surface area contributed by atoms with E-state index >= 15 is 0 Å². The summed E-state index contributed by atoms with van der Waals surface area (Å²) in [6, 6.07) is 10.8. The van der Waals surface area contributed by atoms with Gasteiger partial charge in [0, 0.05) is 12.0 Å². The molecule has 15 heavy (non-hydrogen) atoms. The third-order valence-corrected chi connectivity index (χ3v) is 3.74. The molecule has 1 nitrogen and oxygen atoms in total. The first-order chi connectivity index (χ1) is 7.37. The summed E-state index contributed by atoms with van der Waals surface area (Å²) in [6.45, 7) is 0.887. The minimum atomic E-state index is 0.279. The van der Waals surface area contributed by atoms with Crippen LogP contribution in [0.1, 0.15) is 37.7 Å². The van der Waals surface area contributed by atoms with Crippen LogP contribution in [0, 0.1) is 0 Å². The first kappa shape index (κ1) is 11.0. The lowest BCUT2D eigenvalue weighted by Crippen LogP contribution is -2.37. The van der Waals surface area contributed by atoms with Gasteiger partial charge in [-0.1, -0.05) is 49.6 Å². The second kappa shape index (κ2) is 5.00. The Morgan fingerprint density at radius 2 is 1.73 bits per heavy atom. The van der Waals surface area contributed by atoms with E-state index in [-0.39, 0.29) is 5.41 Å². The Morgan fingerprint density at radius 3 is 2.33 bits per heavy atom. The molecule has 0 spiro atoms. The maximum absolute atomic E-state index is 5.72. The fourth-order valence-electron chi connectivity index (χ4n) is 2.72. The summed E-state index contributed by atoms with van der Waals surface area (Å²) >= 11 is 5.72. The molecular formula is C13H18ClN. The predicted molar refractivity (Wildman–Crippen MR) is 65.1 cm³/mol. The molecule has 82 valence electrons. The van der Waals surface area contributed by atoms with Gasteiger partial charge in [-0.05, 0) is 30.2 Å². The van der Waals surface area contributed by atoms with E-state index in [2.05, 4.69) is 35.2 Å². The average Bonchev–Trinajstić information content (AvgIpc) is 2.32. The molecular weight excluding hydrogens is 206 g/mol. The van der Waals surface area contributed by atoms with Gasteiger partial charge in [0.15, 0.2) is 0 Å². The number of rotatable bonds is 3. The molecule has 0 atom stereocenters. The Labute approximate surface area is 96.9 Å². The van der Waals surface area contributed by atoms with Crippen LogP contribution in [0.4, 0.5) is 0 Å². The van der Waals surface area contributed by atoms with Crippen molar-refractivity contribution >= 4 is 11.8 Å². The van der Waals surface area contributed by atoms with Crippen LogP contribution in [0.5, 0.6) is 0 Å². The van der Waals surface area contributed by atoms with Crippen LogP contribution >= 0.6 is 11.8 Å². The molecule has 1 aromatic rings. The van der Waals surface area contributed by atoms with Crippen LogP contribution in [0.15, 0.2) is 30.3 Å². The van der Waals surface area contributed by atoms with Crippen LogP contribution < -0.4 is 4.84 Å². The van der Waals surface area contributed by atoms with Gasteiger partial charge in [-0.15, -0.1) is 0 Å². The summed E-state index contributed by atoms with van der Waals surface area (Å²) in [7, 11) is 0. The van der Waals surface area contributed by atoms with Crippen molar-refractivity contribution in [2.24, 2.45) is 0 Å². The Balaban J connectivity index is 2.25. The summed E-state index contributed by atoms with van der Waals surface area (Å²) in [4.78, 5) is 2.85. The van der Waals surface area contributed by atoms with E-state index in [0.29, 0.717) is 0 Å². The van der Waals surface area contributed by atoms with E-state index in [1.54, 1.807) is 0 Å². The van der Waals surface area contributed by atoms with Gasteiger partial charge in [0.1, 0.15) is 0 Å². The maximum atomic E-state index is 5.72. The lowest BCUT2D eigenvalue weighted by molar-refractivity contribution is 0.294. The van der Waals surface area contributed by atoms with E-state index < -0.39 is 0 Å². The molecule has 2 rings (SSSR count). The van der Waals surface area contributed by atoms with Gasteiger partial charge in [0.25, 0.3) is 0 Å². The molecule has 0 bridgehead atoms. The number of hydrogen-bond acceptors (Lipinski definition) is 1. The van der Waals surface area contributed by atoms with Crippen molar-refractivity contribution < 1.29 is 0 Å². The highest BCUT2D eigenvalue weighted by atomic mass is 35.5. The highest BCUT2D eigenvalue weighted by Crippen LogP contribution is 2.38. The highest BCUT2D eigenvalue weighted by molar-refractivity contribution is 6.13. The van der Waals surface area contributed by atoms with Crippen molar-refractivity contribution in [1.82, 2.24) is 4.84 Å². The lowest BCUT2D eigenvalue weighted by Gasteiger charge is -2.37. The zero-order chi connectivity index (χ0) is 10.6. The van der Waals surface area contributed by atoms with Crippen molar-refractivity contribution in [2.75, 3.05) is 6.54 Å². The third-order valence-electron chi connectivity index (χ3n) is 3.60. The number of hydrogen-bond donors (Lipinski definition) is 1. The van der Waals surface area contributed by atoms with Crippen molar-refractivity contribution in [3.8, 4) is 0 Å². The Morgan fingerprint density at radius 1 is 1.07 bits per heavy atom. The van der Waals surface area contributed by atoms with Gasteiger partial charge < -0.3 is 0 Å². The lowest BCUT2D eigenvalue weighted by atomic mass is 9.69. The third kappa shape index (κ3) is 2.35. The molecule has 0 radical (unpaired) electrons. The molecule has 1 fully saturated rings. The van der Waals surface area contributed by atoms with Gasteiger partial charge >= 0.3 is 0 Å². The van der Waals surface area contributed by atoms with Gasteiger partial charge in [0.05, 0.1) is 0 Å². The van der Waals surface area contributed by atoms with Crippen LogP contribution in [-0.4, -0.2) is 6.54 Å². The summed E-state index contributed by atoms with van der Waals surface area (Å²) in [5.41, 5.74) is 1.72. The molecule has 0 unspecified atom stereocenters. The highest BCUT2D eigenvalue weighted by Gasteiger charge is 2.33. The molecule has 1 aliphatic carbocycles. The summed E-state index contributed by atoms with van der Waals surface area (Å²) in [5, 5.41) is 0. The van der Waals surface area contributed by atoms with Gasteiger partial charge in [-0.3, -0.25) is 0 Å². The zero-order valence-corrected chi connectivity index (χ0v) is 9.76. The smallest absolute Gasteiger partial charge is 0.0205 e. The van der Waals surface area contributed by atoms with Crippen LogP contribution in [0.2, 0.25) is 0 Å². The molecule has 1 saturated carbocycles. The fourth-order valence-corrected chi connectivity index (χ4v) is 2.97. The molecule has 0 aromatic heterocycles. The molecule has 0 saturated heterocycles. The summed E-state index contributed by atoms with van der Waals surface area (Å²) < 4.78 is 0. The van der Waals surface area contributed by atoms with Crippen molar-refractivity contribution in [1.29, 1.82) is 0 Å². The topological polar surface area (TPSA) is 12.0 Å². The SMILES string of the molecule is ClNCC1(c2ccccc2)CCCCC1.